The van der Waals surface area contributed by atoms with Crippen LogP contribution in [0.4, 0.5) is 0 Å². The fourth-order valence-corrected chi connectivity index (χ4v) is 1.17. The van der Waals surface area contributed by atoms with Crippen LogP contribution >= 0.6 is 11.6 Å². The Bertz CT molecular complexity index is 500. The normalized spacial score (nSPS) is 11.2. The molecule has 0 aliphatic rings. The summed E-state index contributed by atoms with van der Waals surface area (Å²) in [5.74, 6) is -0.653. The number of rotatable bonds is 3. The molecule has 5 nitrogen and oxygen atoms in total. The van der Waals surface area contributed by atoms with Gasteiger partial charge in [0.1, 0.15) is 18.0 Å². The zero-order valence-electron chi connectivity index (χ0n) is 8.59. The summed E-state index contributed by atoms with van der Waals surface area (Å²) in [5.41, 5.74) is 0.564. The zero-order valence-corrected chi connectivity index (χ0v) is 9.35. The van der Waals surface area contributed by atoms with Crippen LogP contribution in [-0.4, -0.2) is 17.5 Å². The van der Waals surface area contributed by atoms with Gasteiger partial charge in [0.25, 0.3) is 5.91 Å². The standard InChI is InChI=1S/C11H8ClN3O2/c12-10-3-1-8(2-4-10)5-9(6-13)11(16)14-7-15-17/h1-5,7,17H,(H,14,15,16). The molecule has 1 amide bonds. The number of hydrogen-bond acceptors (Lipinski definition) is 4. The highest BCUT2D eigenvalue weighted by Crippen LogP contribution is 2.12. The molecular weight excluding hydrogens is 242 g/mol. The van der Waals surface area contributed by atoms with Crippen molar-refractivity contribution < 1.29 is 10.0 Å². The van der Waals surface area contributed by atoms with E-state index in [4.69, 9.17) is 22.1 Å². The Balaban J connectivity index is 2.91. The average molecular weight is 250 g/mol. The van der Waals surface area contributed by atoms with E-state index in [1.807, 2.05) is 0 Å². The van der Waals surface area contributed by atoms with E-state index in [9.17, 15) is 4.79 Å². The maximum atomic E-state index is 11.4. The monoisotopic (exact) mass is 249 g/mol. The third-order valence-corrected chi connectivity index (χ3v) is 2.05. The Hall–Kier alpha value is -2.32. The second-order valence-electron chi connectivity index (χ2n) is 2.94. The molecule has 0 fully saturated rings. The molecule has 0 saturated heterocycles. The summed E-state index contributed by atoms with van der Waals surface area (Å²) >= 11 is 5.70. The molecule has 0 atom stereocenters. The van der Waals surface area contributed by atoms with Gasteiger partial charge in [-0.1, -0.05) is 28.9 Å². The van der Waals surface area contributed by atoms with Crippen molar-refractivity contribution >= 4 is 29.9 Å². The Labute approximate surface area is 103 Å². The molecule has 0 radical (unpaired) electrons. The van der Waals surface area contributed by atoms with Crippen molar-refractivity contribution in [1.82, 2.24) is 5.32 Å². The highest BCUT2D eigenvalue weighted by Gasteiger charge is 2.06. The number of nitrogens with zero attached hydrogens (tertiary/aromatic N) is 2. The molecule has 1 aromatic rings. The number of nitrogens with one attached hydrogen (secondary N) is 1. The van der Waals surface area contributed by atoms with Gasteiger partial charge in [0.05, 0.1) is 0 Å². The first-order valence-electron chi connectivity index (χ1n) is 4.51. The molecule has 0 unspecified atom stereocenters. The van der Waals surface area contributed by atoms with Crippen LogP contribution in [0.2, 0.25) is 5.02 Å². The molecule has 17 heavy (non-hydrogen) atoms. The minimum atomic E-state index is -0.653. The summed E-state index contributed by atoms with van der Waals surface area (Å²) in [6, 6.07) is 8.39. The number of oxime groups is 1. The molecule has 86 valence electrons. The van der Waals surface area contributed by atoms with Gasteiger partial charge < -0.3 is 10.5 Å². The zero-order chi connectivity index (χ0) is 12.7. The fourth-order valence-electron chi connectivity index (χ4n) is 1.04. The number of carbonyl (C=O) groups is 1. The van der Waals surface area contributed by atoms with Gasteiger partial charge in [0.2, 0.25) is 0 Å². The lowest BCUT2D eigenvalue weighted by Gasteiger charge is -1.97. The quantitative estimate of drug-likeness (QED) is 0.214. The number of amides is 1. The van der Waals surface area contributed by atoms with Gasteiger partial charge in [-0.05, 0) is 23.8 Å². The van der Waals surface area contributed by atoms with E-state index < -0.39 is 5.91 Å². The Morgan fingerprint density at radius 1 is 1.47 bits per heavy atom. The third-order valence-electron chi connectivity index (χ3n) is 1.80. The van der Waals surface area contributed by atoms with E-state index in [2.05, 4.69) is 10.5 Å². The molecule has 1 rings (SSSR count). The molecule has 2 N–H and O–H groups in total. The van der Waals surface area contributed by atoms with Gasteiger partial charge >= 0.3 is 0 Å². The largest absolute Gasteiger partial charge is 0.410 e. The summed E-state index contributed by atoms with van der Waals surface area (Å²) in [4.78, 5) is 11.4. The fraction of sp³-hybridized carbons (Fsp3) is 0. The molecule has 0 aliphatic carbocycles. The average Bonchev–Trinajstić information content (AvgIpc) is 2.35. The SMILES string of the molecule is N#CC(=Cc1ccc(Cl)cc1)C(=O)N/C=N/O. The lowest BCUT2D eigenvalue weighted by Crippen LogP contribution is -2.22. The van der Waals surface area contributed by atoms with Crippen molar-refractivity contribution in [3.63, 3.8) is 0 Å². The lowest BCUT2D eigenvalue weighted by molar-refractivity contribution is -0.115. The summed E-state index contributed by atoms with van der Waals surface area (Å²) in [6.07, 6.45) is 2.19. The van der Waals surface area contributed by atoms with Crippen molar-refractivity contribution in [3.8, 4) is 6.07 Å². The second kappa shape index (κ2) is 6.30. The maximum Gasteiger partial charge on any atom is 0.267 e. The van der Waals surface area contributed by atoms with Crippen molar-refractivity contribution in [2.45, 2.75) is 0 Å². The van der Waals surface area contributed by atoms with Crippen LogP contribution in [0, 0.1) is 11.3 Å². The molecule has 0 spiro atoms. The first-order valence-corrected chi connectivity index (χ1v) is 4.89. The van der Waals surface area contributed by atoms with Crippen LogP contribution in [0.5, 0.6) is 0 Å². The van der Waals surface area contributed by atoms with Gasteiger partial charge in [-0.2, -0.15) is 5.26 Å². The van der Waals surface area contributed by atoms with Crippen LogP contribution in [-0.2, 0) is 4.79 Å². The molecule has 0 aliphatic heterocycles. The third kappa shape index (κ3) is 3.97. The van der Waals surface area contributed by atoms with Crippen LogP contribution in [0.15, 0.2) is 35.0 Å². The molecule has 0 saturated carbocycles. The molecule has 0 heterocycles. The predicted molar refractivity (Wildman–Crippen MR) is 63.5 cm³/mol. The number of nitriles is 1. The van der Waals surface area contributed by atoms with E-state index in [-0.39, 0.29) is 5.57 Å². The summed E-state index contributed by atoms with van der Waals surface area (Å²) in [7, 11) is 0. The van der Waals surface area contributed by atoms with Gasteiger partial charge in [0.15, 0.2) is 0 Å². The second-order valence-corrected chi connectivity index (χ2v) is 3.38. The van der Waals surface area contributed by atoms with E-state index in [1.165, 1.54) is 6.08 Å². The van der Waals surface area contributed by atoms with Crippen LogP contribution < -0.4 is 5.32 Å². The van der Waals surface area contributed by atoms with Crippen molar-refractivity contribution in [2.24, 2.45) is 5.16 Å². The molecule has 0 bridgehead atoms. The van der Waals surface area contributed by atoms with E-state index in [0.29, 0.717) is 10.6 Å². The van der Waals surface area contributed by atoms with E-state index in [1.54, 1.807) is 30.3 Å². The topological polar surface area (TPSA) is 85.5 Å². The number of halogens is 1. The predicted octanol–water partition coefficient (Wildman–Crippen LogP) is 1.78. The van der Waals surface area contributed by atoms with Crippen molar-refractivity contribution in [1.29, 1.82) is 5.26 Å². The number of carbonyl (C=O) groups excluding carboxylic acids is 1. The van der Waals surface area contributed by atoms with Gasteiger partial charge in [-0.15, -0.1) is 0 Å². The Morgan fingerprint density at radius 2 is 2.12 bits per heavy atom. The van der Waals surface area contributed by atoms with E-state index in [0.717, 1.165) is 6.34 Å². The maximum absolute atomic E-state index is 11.4. The molecular formula is C11H8ClN3O2. The van der Waals surface area contributed by atoms with Crippen LogP contribution in [0.3, 0.4) is 0 Å². The summed E-state index contributed by atoms with van der Waals surface area (Å²) in [5, 5.41) is 22.2. The highest BCUT2D eigenvalue weighted by molar-refractivity contribution is 6.30. The molecule has 6 heteroatoms. The molecule has 1 aromatic carbocycles. The first-order chi connectivity index (χ1) is 8.17. The minimum absolute atomic E-state index is 0.104. The number of benzene rings is 1. The van der Waals surface area contributed by atoms with Gasteiger partial charge in [-0.25, -0.2) is 0 Å². The Morgan fingerprint density at radius 3 is 2.65 bits per heavy atom. The van der Waals surface area contributed by atoms with Crippen LogP contribution in [0.1, 0.15) is 5.56 Å². The smallest absolute Gasteiger partial charge is 0.267 e. The first kappa shape index (κ1) is 12.7. The number of hydrogen-bond donors (Lipinski definition) is 2. The van der Waals surface area contributed by atoms with Crippen molar-refractivity contribution in [3.05, 3.63) is 40.4 Å². The van der Waals surface area contributed by atoms with Crippen LogP contribution in [0.25, 0.3) is 6.08 Å². The van der Waals surface area contributed by atoms with E-state index >= 15 is 0 Å². The highest BCUT2D eigenvalue weighted by atomic mass is 35.5. The summed E-state index contributed by atoms with van der Waals surface area (Å²) < 4.78 is 0. The van der Waals surface area contributed by atoms with Gasteiger partial charge in [-0.3, -0.25) is 4.79 Å². The summed E-state index contributed by atoms with van der Waals surface area (Å²) in [6.45, 7) is 0. The Kier molecular flexibility index (Phi) is 4.73. The van der Waals surface area contributed by atoms with Gasteiger partial charge in [0, 0.05) is 5.02 Å². The lowest BCUT2D eigenvalue weighted by atomic mass is 10.1. The molecule has 0 aromatic heterocycles. The van der Waals surface area contributed by atoms with Crippen molar-refractivity contribution in [2.75, 3.05) is 0 Å². The minimum Gasteiger partial charge on any atom is -0.410 e.